The largest absolute Gasteiger partial charge is 0.484 e. The van der Waals surface area contributed by atoms with E-state index in [1.165, 1.54) is 18.7 Å². The van der Waals surface area contributed by atoms with E-state index in [4.69, 9.17) is 4.74 Å². The molecule has 0 saturated heterocycles. The van der Waals surface area contributed by atoms with Crippen LogP contribution in [0, 0.1) is 0 Å². The van der Waals surface area contributed by atoms with Gasteiger partial charge in [0.15, 0.2) is 6.61 Å². The standard InChI is InChI=1S/C21H27N3O5S2/c1-3-31(27,28)24-19(12-13-30-2)21(26)23-17-10-7-11-18(14-17)29-15-20(25)22-16-8-5-4-6-9-16/h4-11,14,19,24H,3,12-13,15H2,1-2H3,(H,22,25)(H,23,26). The zero-order valence-electron chi connectivity index (χ0n) is 17.5. The van der Waals surface area contributed by atoms with Crippen LogP contribution < -0.4 is 20.1 Å². The molecular weight excluding hydrogens is 438 g/mol. The Bertz CT molecular complexity index is 968. The van der Waals surface area contributed by atoms with Crippen molar-refractivity contribution in [3.63, 3.8) is 0 Å². The minimum absolute atomic E-state index is 0.107. The molecule has 168 valence electrons. The first-order valence-corrected chi connectivity index (χ1v) is 12.7. The van der Waals surface area contributed by atoms with Crippen LogP contribution in [0.3, 0.4) is 0 Å². The van der Waals surface area contributed by atoms with Gasteiger partial charge in [-0.2, -0.15) is 11.8 Å². The minimum atomic E-state index is -3.53. The van der Waals surface area contributed by atoms with Crippen molar-refractivity contribution in [1.82, 2.24) is 4.72 Å². The predicted molar refractivity (Wildman–Crippen MR) is 125 cm³/mol. The molecule has 0 aromatic heterocycles. The van der Waals surface area contributed by atoms with Gasteiger partial charge >= 0.3 is 0 Å². The zero-order valence-corrected chi connectivity index (χ0v) is 19.1. The van der Waals surface area contributed by atoms with Gasteiger partial charge in [-0.15, -0.1) is 0 Å². The van der Waals surface area contributed by atoms with E-state index in [1.807, 2.05) is 24.5 Å². The van der Waals surface area contributed by atoms with Crippen molar-refractivity contribution in [3.8, 4) is 5.75 Å². The molecule has 2 rings (SSSR count). The molecule has 0 aliphatic carbocycles. The molecule has 0 heterocycles. The van der Waals surface area contributed by atoms with E-state index < -0.39 is 22.0 Å². The third-order valence-corrected chi connectivity index (χ3v) is 6.21. The maximum atomic E-state index is 12.6. The van der Waals surface area contributed by atoms with Gasteiger partial charge in [0.2, 0.25) is 15.9 Å². The van der Waals surface area contributed by atoms with Crippen LogP contribution in [0.4, 0.5) is 11.4 Å². The van der Waals surface area contributed by atoms with E-state index in [2.05, 4.69) is 15.4 Å². The minimum Gasteiger partial charge on any atom is -0.484 e. The zero-order chi connectivity index (χ0) is 22.7. The van der Waals surface area contributed by atoms with Crippen molar-refractivity contribution < 1.29 is 22.7 Å². The quantitative estimate of drug-likeness (QED) is 0.444. The molecule has 10 heteroatoms. The van der Waals surface area contributed by atoms with Crippen molar-refractivity contribution in [3.05, 3.63) is 54.6 Å². The molecule has 0 fully saturated rings. The summed E-state index contributed by atoms with van der Waals surface area (Å²) < 4.78 is 31.8. The summed E-state index contributed by atoms with van der Waals surface area (Å²) in [7, 11) is -3.53. The normalized spacial score (nSPS) is 12.1. The molecule has 0 aliphatic rings. The number of thioether (sulfide) groups is 1. The van der Waals surface area contributed by atoms with E-state index in [1.54, 1.807) is 36.4 Å². The predicted octanol–water partition coefficient (Wildman–Crippen LogP) is 2.70. The monoisotopic (exact) mass is 465 g/mol. The summed E-state index contributed by atoms with van der Waals surface area (Å²) >= 11 is 1.53. The third-order valence-electron chi connectivity index (χ3n) is 4.16. The highest BCUT2D eigenvalue weighted by Crippen LogP contribution is 2.18. The van der Waals surface area contributed by atoms with Gasteiger partial charge in [0.05, 0.1) is 5.75 Å². The molecule has 1 atom stereocenters. The number of para-hydroxylation sites is 1. The number of nitrogens with one attached hydrogen (secondary N) is 3. The summed E-state index contributed by atoms with van der Waals surface area (Å²) in [5.74, 6) is 0.154. The Morgan fingerprint density at radius 2 is 1.74 bits per heavy atom. The summed E-state index contributed by atoms with van der Waals surface area (Å²) in [6.07, 6.45) is 2.25. The second-order valence-corrected chi connectivity index (χ2v) is 9.60. The average molecular weight is 466 g/mol. The van der Waals surface area contributed by atoms with Crippen LogP contribution in [0.15, 0.2) is 54.6 Å². The van der Waals surface area contributed by atoms with Crippen molar-refractivity contribution in [2.45, 2.75) is 19.4 Å². The number of ether oxygens (including phenoxy) is 1. The Labute approximate surface area is 187 Å². The lowest BCUT2D eigenvalue weighted by Gasteiger charge is -2.18. The van der Waals surface area contributed by atoms with E-state index in [9.17, 15) is 18.0 Å². The lowest BCUT2D eigenvalue weighted by Crippen LogP contribution is -2.44. The van der Waals surface area contributed by atoms with Gasteiger partial charge in [-0.05, 0) is 49.6 Å². The Balaban J connectivity index is 1.96. The molecule has 2 aromatic carbocycles. The van der Waals surface area contributed by atoms with Crippen LogP contribution in [0.1, 0.15) is 13.3 Å². The lowest BCUT2D eigenvalue weighted by molar-refractivity contribution is -0.118. The number of hydrogen-bond donors (Lipinski definition) is 3. The van der Waals surface area contributed by atoms with Crippen molar-refractivity contribution in [2.24, 2.45) is 0 Å². The van der Waals surface area contributed by atoms with Crippen LogP contribution in [-0.4, -0.2) is 50.6 Å². The second-order valence-electron chi connectivity index (χ2n) is 6.58. The highest BCUT2D eigenvalue weighted by atomic mass is 32.2. The van der Waals surface area contributed by atoms with E-state index in [0.29, 0.717) is 29.3 Å². The third kappa shape index (κ3) is 8.99. The van der Waals surface area contributed by atoms with Gasteiger partial charge < -0.3 is 15.4 Å². The summed E-state index contributed by atoms with van der Waals surface area (Å²) in [4.78, 5) is 24.7. The smallest absolute Gasteiger partial charge is 0.262 e. The van der Waals surface area contributed by atoms with Gasteiger partial charge in [-0.25, -0.2) is 13.1 Å². The van der Waals surface area contributed by atoms with E-state index >= 15 is 0 Å². The van der Waals surface area contributed by atoms with Crippen LogP contribution in [0.25, 0.3) is 0 Å². The molecule has 8 nitrogen and oxygen atoms in total. The first kappa shape index (κ1) is 24.7. The highest BCUT2D eigenvalue weighted by molar-refractivity contribution is 7.98. The molecule has 0 saturated carbocycles. The molecule has 0 aliphatic heterocycles. The van der Waals surface area contributed by atoms with E-state index in [0.717, 1.165) is 0 Å². The Hall–Kier alpha value is -2.56. The number of amides is 2. The van der Waals surface area contributed by atoms with Gasteiger partial charge in [0.25, 0.3) is 5.91 Å². The first-order chi connectivity index (χ1) is 14.8. The van der Waals surface area contributed by atoms with Gasteiger partial charge in [0, 0.05) is 17.4 Å². The number of anilines is 2. The van der Waals surface area contributed by atoms with Crippen LogP contribution in [0.2, 0.25) is 0 Å². The number of sulfonamides is 1. The second kappa shape index (κ2) is 12.3. The number of carbonyl (C=O) groups is 2. The number of rotatable bonds is 12. The topological polar surface area (TPSA) is 114 Å². The van der Waals surface area contributed by atoms with Crippen molar-refractivity contribution >= 4 is 45.0 Å². The van der Waals surface area contributed by atoms with Gasteiger partial charge in [-0.3, -0.25) is 9.59 Å². The van der Waals surface area contributed by atoms with Gasteiger partial charge in [0.1, 0.15) is 11.8 Å². The molecule has 2 aromatic rings. The summed E-state index contributed by atoms with van der Waals surface area (Å²) in [6.45, 7) is 1.32. The fraction of sp³-hybridized carbons (Fsp3) is 0.333. The molecule has 1 unspecified atom stereocenters. The number of hydrogen-bond acceptors (Lipinski definition) is 6. The van der Waals surface area contributed by atoms with E-state index in [-0.39, 0.29) is 18.3 Å². The average Bonchev–Trinajstić information content (AvgIpc) is 2.76. The summed E-state index contributed by atoms with van der Waals surface area (Å²) in [6, 6.07) is 14.7. The molecule has 0 spiro atoms. The van der Waals surface area contributed by atoms with Crippen molar-refractivity contribution in [2.75, 3.05) is 35.0 Å². The fourth-order valence-corrected chi connectivity index (χ4v) is 3.84. The van der Waals surface area contributed by atoms with Crippen LogP contribution in [0.5, 0.6) is 5.75 Å². The molecule has 31 heavy (non-hydrogen) atoms. The highest BCUT2D eigenvalue weighted by Gasteiger charge is 2.23. The molecule has 2 amide bonds. The SMILES string of the molecule is CCS(=O)(=O)NC(CCSC)C(=O)Nc1cccc(OCC(=O)Nc2ccccc2)c1. The number of benzene rings is 2. The molecular formula is C21H27N3O5S2. The summed E-state index contributed by atoms with van der Waals surface area (Å²) in [5, 5.41) is 5.43. The maximum absolute atomic E-state index is 12.6. The summed E-state index contributed by atoms with van der Waals surface area (Å²) in [5.41, 5.74) is 1.11. The molecule has 0 radical (unpaired) electrons. The van der Waals surface area contributed by atoms with Crippen LogP contribution >= 0.6 is 11.8 Å². The molecule has 0 bridgehead atoms. The van der Waals surface area contributed by atoms with Crippen LogP contribution in [-0.2, 0) is 19.6 Å². The number of carbonyl (C=O) groups excluding carboxylic acids is 2. The Kier molecular flexibility index (Phi) is 9.83. The first-order valence-electron chi connectivity index (χ1n) is 9.70. The van der Waals surface area contributed by atoms with Crippen molar-refractivity contribution in [1.29, 1.82) is 0 Å². The Morgan fingerprint density at radius 1 is 1.03 bits per heavy atom. The fourth-order valence-electron chi connectivity index (χ4n) is 2.54. The maximum Gasteiger partial charge on any atom is 0.262 e. The lowest BCUT2D eigenvalue weighted by atomic mass is 10.2. The molecule has 3 N–H and O–H groups in total. The van der Waals surface area contributed by atoms with Gasteiger partial charge in [-0.1, -0.05) is 24.3 Å². The Morgan fingerprint density at radius 3 is 2.42 bits per heavy atom.